The zero-order valence-electron chi connectivity index (χ0n) is 17.1. The molecule has 3 rings (SSSR count). The molecule has 31 heavy (non-hydrogen) atoms. The van der Waals surface area contributed by atoms with Gasteiger partial charge in [-0.1, -0.05) is 61.2 Å². The molecule has 8 nitrogen and oxygen atoms in total. The average molecular weight is 424 g/mol. The third-order valence-corrected chi connectivity index (χ3v) is 5.15. The molecule has 0 radical (unpaired) electrons. The highest BCUT2D eigenvalue weighted by atomic mass is 16.6. The molecule has 0 fully saturated rings. The van der Waals surface area contributed by atoms with Gasteiger partial charge in [-0.3, -0.25) is 4.90 Å². The molecule has 0 saturated heterocycles. The van der Waals surface area contributed by atoms with Crippen LogP contribution in [0.5, 0.6) is 0 Å². The number of fused-ring (bicyclic) bond motifs is 3. The largest absolute Gasteiger partial charge is 0.480 e. The second-order valence-electron chi connectivity index (χ2n) is 7.04. The standard InChI is InChI=1S/C23H24N2O6/c1-3-12-30-22(28)24-13-20(21(26)27)25(2)23(29)31-14-19-17-10-6-4-8-15(17)16-9-5-7-11-18(16)19/h3-11,19-20H,1,12-14H2,2H3,(H,24,28)(H,26,27). The van der Waals surface area contributed by atoms with Gasteiger partial charge < -0.3 is 19.9 Å². The Kier molecular flexibility index (Phi) is 6.92. The van der Waals surface area contributed by atoms with Gasteiger partial charge in [-0.05, 0) is 22.3 Å². The van der Waals surface area contributed by atoms with E-state index in [0.717, 1.165) is 27.2 Å². The number of alkyl carbamates (subject to hydrolysis) is 1. The lowest BCUT2D eigenvalue weighted by Crippen LogP contribution is -2.49. The monoisotopic (exact) mass is 424 g/mol. The normalized spacial score (nSPS) is 12.8. The van der Waals surface area contributed by atoms with Crippen molar-refractivity contribution in [1.29, 1.82) is 0 Å². The SMILES string of the molecule is C=CCOC(=O)NCC(C(=O)O)N(C)C(=O)OCC1c2ccccc2-c2ccccc21. The number of nitrogens with one attached hydrogen (secondary N) is 1. The van der Waals surface area contributed by atoms with Crippen molar-refractivity contribution in [1.82, 2.24) is 10.2 Å². The van der Waals surface area contributed by atoms with Crippen molar-refractivity contribution in [3.63, 3.8) is 0 Å². The van der Waals surface area contributed by atoms with Gasteiger partial charge in [0.2, 0.25) is 0 Å². The van der Waals surface area contributed by atoms with Gasteiger partial charge in [-0.25, -0.2) is 14.4 Å². The van der Waals surface area contributed by atoms with Crippen LogP contribution in [0.15, 0.2) is 61.2 Å². The maximum absolute atomic E-state index is 12.6. The van der Waals surface area contributed by atoms with Crippen LogP contribution in [0.25, 0.3) is 11.1 Å². The van der Waals surface area contributed by atoms with Gasteiger partial charge in [0.25, 0.3) is 0 Å². The molecule has 162 valence electrons. The first-order chi connectivity index (χ1) is 14.9. The minimum Gasteiger partial charge on any atom is -0.480 e. The number of carboxylic acids is 1. The van der Waals surface area contributed by atoms with Gasteiger partial charge >= 0.3 is 18.2 Å². The molecule has 1 atom stereocenters. The van der Waals surface area contributed by atoms with Crippen LogP contribution >= 0.6 is 0 Å². The van der Waals surface area contributed by atoms with E-state index in [1.807, 2.05) is 48.5 Å². The number of aliphatic carboxylic acids is 1. The number of likely N-dealkylation sites (N-methyl/N-ethyl adjacent to an activating group) is 1. The smallest absolute Gasteiger partial charge is 0.410 e. The van der Waals surface area contributed by atoms with E-state index in [4.69, 9.17) is 9.47 Å². The Labute approximate surface area is 180 Å². The predicted molar refractivity (Wildman–Crippen MR) is 114 cm³/mol. The van der Waals surface area contributed by atoms with Gasteiger partial charge in [0.1, 0.15) is 19.3 Å². The minimum atomic E-state index is -1.31. The number of carbonyl (C=O) groups excluding carboxylic acids is 2. The van der Waals surface area contributed by atoms with E-state index in [2.05, 4.69) is 11.9 Å². The van der Waals surface area contributed by atoms with E-state index in [1.54, 1.807) is 0 Å². The Hall–Kier alpha value is -3.81. The lowest BCUT2D eigenvalue weighted by atomic mass is 9.98. The molecule has 2 aromatic rings. The lowest BCUT2D eigenvalue weighted by molar-refractivity contribution is -0.142. The van der Waals surface area contributed by atoms with E-state index in [9.17, 15) is 19.5 Å². The molecule has 1 aliphatic carbocycles. The molecule has 1 aliphatic rings. The van der Waals surface area contributed by atoms with Gasteiger partial charge in [0, 0.05) is 13.0 Å². The fraction of sp³-hybridized carbons (Fsp3) is 0.261. The Morgan fingerprint density at radius 1 is 1.10 bits per heavy atom. The number of rotatable bonds is 8. The Morgan fingerprint density at radius 3 is 2.23 bits per heavy atom. The number of benzene rings is 2. The summed E-state index contributed by atoms with van der Waals surface area (Å²) in [5, 5.41) is 11.8. The number of hydrogen-bond acceptors (Lipinski definition) is 5. The van der Waals surface area contributed by atoms with E-state index in [0.29, 0.717) is 0 Å². The number of nitrogens with zero attached hydrogens (tertiary/aromatic N) is 1. The molecule has 0 aliphatic heterocycles. The first kappa shape index (κ1) is 21.9. The number of hydrogen-bond donors (Lipinski definition) is 2. The number of carboxylic acid groups (broad SMARTS) is 1. The van der Waals surface area contributed by atoms with Crippen LogP contribution in [-0.4, -0.2) is 61.0 Å². The molecular formula is C23H24N2O6. The average Bonchev–Trinajstić information content (AvgIpc) is 3.09. The van der Waals surface area contributed by atoms with E-state index >= 15 is 0 Å². The lowest BCUT2D eigenvalue weighted by Gasteiger charge is -2.25. The second-order valence-corrected chi connectivity index (χ2v) is 7.04. The summed E-state index contributed by atoms with van der Waals surface area (Å²) in [5.74, 6) is -1.42. The fourth-order valence-corrected chi connectivity index (χ4v) is 3.58. The molecule has 0 heterocycles. The van der Waals surface area contributed by atoms with E-state index in [1.165, 1.54) is 13.1 Å². The first-order valence-corrected chi connectivity index (χ1v) is 9.76. The fourth-order valence-electron chi connectivity index (χ4n) is 3.58. The highest BCUT2D eigenvalue weighted by molar-refractivity contribution is 5.81. The third-order valence-electron chi connectivity index (χ3n) is 5.15. The molecule has 2 aromatic carbocycles. The van der Waals surface area contributed by atoms with Crippen molar-refractivity contribution in [2.75, 3.05) is 26.8 Å². The minimum absolute atomic E-state index is 0.00815. The van der Waals surface area contributed by atoms with Crippen LogP contribution in [0.4, 0.5) is 9.59 Å². The summed E-state index contributed by atoms with van der Waals surface area (Å²) < 4.78 is 10.2. The highest BCUT2D eigenvalue weighted by Crippen LogP contribution is 2.44. The van der Waals surface area contributed by atoms with Crippen LogP contribution in [0.1, 0.15) is 17.0 Å². The molecule has 8 heteroatoms. The predicted octanol–water partition coefficient (Wildman–Crippen LogP) is 3.23. The molecule has 0 bridgehead atoms. The molecule has 1 unspecified atom stereocenters. The highest BCUT2D eigenvalue weighted by Gasteiger charge is 2.32. The number of amides is 2. The number of ether oxygens (including phenoxy) is 2. The zero-order valence-corrected chi connectivity index (χ0v) is 17.1. The Bertz CT molecular complexity index is 944. The first-order valence-electron chi connectivity index (χ1n) is 9.76. The maximum Gasteiger partial charge on any atom is 0.410 e. The maximum atomic E-state index is 12.6. The molecule has 2 amide bonds. The Morgan fingerprint density at radius 2 is 1.68 bits per heavy atom. The van der Waals surface area contributed by atoms with Crippen molar-refractivity contribution < 1.29 is 29.0 Å². The van der Waals surface area contributed by atoms with Crippen molar-refractivity contribution in [2.45, 2.75) is 12.0 Å². The summed E-state index contributed by atoms with van der Waals surface area (Å²) in [6.45, 7) is 3.15. The van der Waals surface area contributed by atoms with E-state index in [-0.39, 0.29) is 25.7 Å². The molecule has 0 aromatic heterocycles. The van der Waals surface area contributed by atoms with E-state index < -0.39 is 24.2 Å². The van der Waals surface area contributed by atoms with Crippen molar-refractivity contribution in [3.8, 4) is 11.1 Å². The van der Waals surface area contributed by atoms with Crippen LogP contribution in [0.2, 0.25) is 0 Å². The second kappa shape index (κ2) is 9.80. The van der Waals surface area contributed by atoms with Crippen LogP contribution in [0, 0.1) is 0 Å². The summed E-state index contributed by atoms with van der Waals surface area (Å²) in [6, 6.07) is 14.5. The van der Waals surface area contributed by atoms with Crippen molar-refractivity contribution in [3.05, 3.63) is 72.3 Å². The molecule has 0 saturated carbocycles. The zero-order chi connectivity index (χ0) is 22.4. The number of carbonyl (C=O) groups is 3. The summed E-state index contributed by atoms with van der Waals surface area (Å²) in [7, 11) is 1.31. The van der Waals surface area contributed by atoms with Crippen molar-refractivity contribution >= 4 is 18.2 Å². The van der Waals surface area contributed by atoms with Crippen LogP contribution in [0.3, 0.4) is 0 Å². The topological polar surface area (TPSA) is 105 Å². The van der Waals surface area contributed by atoms with Gasteiger partial charge in [-0.2, -0.15) is 0 Å². The summed E-state index contributed by atoms with van der Waals surface area (Å²) >= 11 is 0. The molecule has 2 N–H and O–H groups in total. The third kappa shape index (κ3) is 4.85. The quantitative estimate of drug-likeness (QED) is 0.631. The van der Waals surface area contributed by atoms with Gasteiger partial charge in [0.05, 0.1) is 6.54 Å². The molecular weight excluding hydrogens is 400 g/mol. The van der Waals surface area contributed by atoms with Gasteiger partial charge in [-0.15, -0.1) is 0 Å². The van der Waals surface area contributed by atoms with Crippen LogP contribution in [-0.2, 0) is 14.3 Å². The summed E-state index contributed by atoms with van der Waals surface area (Å²) in [4.78, 5) is 36.7. The summed E-state index contributed by atoms with van der Waals surface area (Å²) in [6.07, 6.45) is -0.209. The Balaban J connectivity index is 1.64. The van der Waals surface area contributed by atoms with Crippen molar-refractivity contribution in [2.24, 2.45) is 0 Å². The molecule has 0 spiro atoms. The summed E-state index contributed by atoms with van der Waals surface area (Å²) in [5.41, 5.74) is 4.30. The van der Waals surface area contributed by atoms with Crippen LogP contribution < -0.4 is 5.32 Å². The van der Waals surface area contributed by atoms with Gasteiger partial charge in [0.15, 0.2) is 0 Å².